The number of halogens is 1. The van der Waals surface area contributed by atoms with Crippen LogP contribution in [0.5, 0.6) is 11.5 Å². The lowest BCUT2D eigenvalue weighted by Gasteiger charge is -2.15. The van der Waals surface area contributed by atoms with Crippen LogP contribution in [-0.4, -0.2) is 29.1 Å². The molecule has 0 amide bonds. The highest BCUT2D eigenvalue weighted by atomic mass is 79.9. The Balaban J connectivity index is 1.62. The van der Waals surface area contributed by atoms with E-state index in [2.05, 4.69) is 28.0 Å². The lowest BCUT2D eigenvalue weighted by molar-refractivity contribution is 0.207. The highest BCUT2D eigenvalue weighted by Gasteiger charge is 2.17. The van der Waals surface area contributed by atoms with Gasteiger partial charge in [0.15, 0.2) is 17.3 Å². The first-order chi connectivity index (χ1) is 17.5. The van der Waals surface area contributed by atoms with Crippen LogP contribution < -0.4 is 15.0 Å². The molecule has 7 nitrogen and oxygen atoms in total. The van der Waals surface area contributed by atoms with Crippen LogP contribution in [0, 0.1) is 0 Å². The fourth-order valence-corrected chi connectivity index (χ4v) is 4.18. The third-order valence-electron chi connectivity index (χ3n) is 5.87. The molecule has 0 spiro atoms. The van der Waals surface area contributed by atoms with E-state index in [1.807, 2.05) is 55.5 Å². The average molecular weight is 546 g/mol. The molecule has 0 saturated carbocycles. The van der Waals surface area contributed by atoms with E-state index >= 15 is 0 Å². The van der Waals surface area contributed by atoms with Crippen molar-refractivity contribution in [2.24, 2.45) is 5.10 Å². The molecule has 8 heteroatoms. The standard InChI is InChI=1S/C28H24BrN3O4/c1-4-17(2)35-24-11-9-18(13-25(24)34-3)16-30-32-27(31-22-8-6-5-7-21(22)28(32)33)26-15-19-14-20(29)10-12-23(19)36-26/h5-17H,4H2,1-3H3/t17-/m1/s1. The van der Waals surface area contributed by atoms with Crippen LogP contribution in [0.3, 0.4) is 0 Å². The Hall–Kier alpha value is -3.91. The molecule has 3 aromatic carbocycles. The van der Waals surface area contributed by atoms with Crippen molar-refractivity contribution in [1.29, 1.82) is 0 Å². The molecule has 0 radical (unpaired) electrons. The Morgan fingerprint density at radius 2 is 1.94 bits per heavy atom. The number of benzene rings is 3. The van der Waals surface area contributed by atoms with Gasteiger partial charge in [-0.2, -0.15) is 9.78 Å². The molecule has 0 fully saturated rings. The lowest BCUT2D eigenvalue weighted by atomic mass is 10.2. The number of para-hydroxylation sites is 1. The highest BCUT2D eigenvalue weighted by Crippen LogP contribution is 2.30. The molecule has 5 rings (SSSR count). The van der Waals surface area contributed by atoms with Crippen molar-refractivity contribution in [3.05, 3.63) is 87.1 Å². The van der Waals surface area contributed by atoms with E-state index in [1.54, 1.807) is 31.5 Å². The first kappa shape index (κ1) is 23.8. The fraction of sp³-hybridized carbons (Fsp3) is 0.179. The quantitative estimate of drug-likeness (QED) is 0.214. The number of nitrogens with zero attached hydrogens (tertiary/aromatic N) is 3. The van der Waals surface area contributed by atoms with Crippen LogP contribution in [0.15, 0.2) is 85.5 Å². The third kappa shape index (κ3) is 4.64. The Bertz CT molecular complexity index is 1650. The number of hydrogen-bond donors (Lipinski definition) is 0. The number of aromatic nitrogens is 2. The SMILES string of the molecule is CC[C@@H](C)Oc1ccc(C=Nn2c(-c3cc4cc(Br)ccc4o3)nc3ccccc3c2=O)cc1OC. The first-order valence-electron chi connectivity index (χ1n) is 11.6. The summed E-state index contributed by atoms with van der Waals surface area (Å²) in [6, 6.07) is 20.3. The van der Waals surface area contributed by atoms with Gasteiger partial charge >= 0.3 is 0 Å². The van der Waals surface area contributed by atoms with Gasteiger partial charge in [0, 0.05) is 9.86 Å². The Morgan fingerprint density at radius 3 is 2.75 bits per heavy atom. The minimum atomic E-state index is -0.294. The van der Waals surface area contributed by atoms with E-state index in [0.717, 1.165) is 21.8 Å². The van der Waals surface area contributed by atoms with E-state index in [1.165, 1.54) is 4.68 Å². The predicted molar refractivity (Wildman–Crippen MR) is 145 cm³/mol. The van der Waals surface area contributed by atoms with Gasteiger partial charge in [-0.05, 0) is 73.5 Å². The minimum Gasteiger partial charge on any atom is -0.493 e. The predicted octanol–water partition coefficient (Wildman–Crippen LogP) is 6.64. The highest BCUT2D eigenvalue weighted by molar-refractivity contribution is 9.10. The Kier molecular flexibility index (Phi) is 6.61. The van der Waals surface area contributed by atoms with Crippen LogP contribution in [0.1, 0.15) is 25.8 Å². The van der Waals surface area contributed by atoms with Crippen molar-refractivity contribution < 1.29 is 13.9 Å². The van der Waals surface area contributed by atoms with Gasteiger partial charge in [0.2, 0.25) is 5.82 Å². The van der Waals surface area contributed by atoms with Gasteiger partial charge in [-0.1, -0.05) is 35.0 Å². The molecule has 36 heavy (non-hydrogen) atoms. The molecule has 0 unspecified atom stereocenters. The number of hydrogen-bond acceptors (Lipinski definition) is 6. The van der Waals surface area contributed by atoms with Gasteiger partial charge in [0.05, 0.1) is 30.3 Å². The summed E-state index contributed by atoms with van der Waals surface area (Å²) in [6.07, 6.45) is 2.54. The number of methoxy groups -OCH3 is 1. The molecule has 5 aromatic rings. The average Bonchev–Trinajstić information content (AvgIpc) is 3.31. The van der Waals surface area contributed by atoms with Crippen molar-refractivity contribution in [3.63, 3.8) is 0 Å². The Morgan fingerprint density at radius 1 is 1.11 bits per heavy atom. The molecular formula is C28H24BrN3O4. The summed E-state index contributed by atoms with van der Waals surface area (Å²) in [6.45, 7) is 4.07. The van der Waals surface area contributed by atoms with E-state index in [-0.39, 0.29) is 11.7 Å². The summed E-state index contributed by atoms with van der Waals surface area (Å²) in [4.78, 5) is 18.2. The fourth-order valence-electron chi connectivity index (χ4n) is 3.80. The first-order valence-corrected chi connectivity index (χ1v) is 12.4. The zero-order valence-corrected chi connectivity index (χ0v) is 21.7. The zero-order valence-electron chi connectivity index (χ0n) is 20.1. The monoisotopic (exact) mass is 545 g/mol. The molecule has 182 valence electrons. The second-order valence-electron chi connectivity index (χ2n) is 8.35. The van der Waals surface area contributed by atoms with E-state index in [0.29, 0.717) is 39.6 Å². The second-order valence-corrected chi connectivity index (χ2v) is 9.27. The van der Waals surface area contributed by atoms with Crippen molar-refractivity contribution in [2.75, 3.05) is 7.11 Å². The molecule has 0 aliphatic carbocycles. The van der Waals surface area contributed by atoms with Gasteiger partial charge in [0.25, 0.3) is 5.56 Å². The van der Waals surface area contributed by atoms with Crippen LogP contribution >= 0.6 is 15.9 Å². The normalized spacial score (nSPS) is 12.4. The molecule has 2 heterocycles. The molecular weight excluding hydrogens is 522 g/mol. The minimum absolute atomic E-state index is 0.0626. The molecule has 0 bridgehead atoms. The van der Waals surface area contributed by atoms with Crippen LogP contribution in [0.4, 0.5) is 0 Å². The maximum atomic E-state index is 13.5. The van der Waals surface area contributed by atoms with Gasteiger partial charge in [0.1, 0.15) is 5.58 Å². The summed E-state index contributed by atoms with van der Waals surface area (Å²) in [5.41, 5.74) is 1.70. The molecule has 2 aromatic heterocycles. The van der Waals surface area contributed by atoms with Gasteiger partial charge < -0.3 is 13.9 Å². The summed E-state index contributed by atoms with van der Waals surface area (Å²) in [7, 11) is 1.59. The molecule has 0 saturated heterocycles. The number of furan rings is 1. The lowest BCUT2D eigenvalue weighted by Crippen LogP contribution is -2.20. The largest absolute Gasteiger partial charge is 0.493 e. The maximum absolute atomic E-state index is 13.5. The van der Waals surface area contributed by atoms with Gasteiger partial charge in [-0.3, -0.25) is 4.79 Å². The van der Waals surface area contributed by atoms with E-state index < -0.39 is 0 Å². The van der Waals surface area contributed by atoms with Crippen LogP contribution in [0.2, 0.25) is 0 Å². The molecule has 0 N–H and O–H groups in total. The topological polar surface area (TPSA) is 78.9 Å². The zero-order chi connectivity index (χ0) is 25.2. The van der Waals surface area contributed by atoms with E-state index in [9.17, 15) is 4.79 Å². The second kappa shape index (κ2) is 9.99. The van der Waals surface area contributed by atoms with Crippen molar-refractivity contribution in [1.82, 2.24) is 9.66 Å². The summed E-state index contributed by atoms with van der Waals surface area (Å²) in [5.74, 6) is 2.00. The third-order valence-corrected chi connectivity index (χ3v) is 6.36. The Labute approximate surface area is 216 Å². The van der Waals surface area contributed by atoms with Crippen molar-refractivity contribution in [3.8, 4) is 23.1 Å². The smallest absolute Gasteiger partial charge is 0.282 e. The number of rotatable bonds is 7. The summed E-state index contributed by atoms with van der Waals surface area (Å²) in [5, 5.41) is 5.88. The summed E-state index contributed by atoms with van der Waals surface area (Å²) >= 11 is 3.49. The van der Waals surface area contributed by atoms with Crippen molar-refractivity contribution >= 4 is 44.0 Å². The number of fused-ring (bicyclic) bond motifs is 2. The maximum Gasteiger partial charge on any atom is 0.282 e. The number of ether oxygens (including phenoxy) is 2. The van der Waals surface area contributed by atoms with Gasteiger partial charge in [-0.15, -0.1) is 0 Å². The molecule has 0 aliphatic heterocycles. The van der Waals surface area contributed by atoms with E-state index in [4.69, 9.17) is 18.9 Å². The van der Waals surface area contributed by atoms with Crippen LogP contribution in [0.25, 0.3) is 33.5 Å². The molecule has 0 aliphatic rings. The van der Waals surface area contributed by atoms with Gasteiger partial charge in [-0.25, -0.2) is 4.98 Å². The molecule has 1 atom stereocenters. The summed E-state index contributed by atoms with van der Waals surface area (Å²) < 4.78 is 19.7. The van der Waals surface area contributed by atoms with Crippen LogP contribution in [-0.2, 0) is 0 Å². The van der Waals surface area contributed by atoms with Crippen molar-refractivity contribution in [2.45, 2.75) is 26.4 Å².